The van der Waals surface area contributed by atoms with Crippen molar-refractivity contribution in [1.82, 2.24) is 0 Å². The average Bonchev–Trinajstić information content (AvgIpc) is 2.26. The van der Waals surface area contributed by atoms with Crippen LogP contribution in [0.1, 0.15) is 35.9 Å². The van der Waals surface area contributed by atoms with Gasteiger partial charge in [-0.25, -0.2) is 4.79 Å². The Bertz CT molecular complexity index is 392. The second-order valence-corrected chi connectivity index (χ2v) is 3.20. The summed E-state index contributed by atoms with van der Waals surface area (Å²) in [6, 6.07) is 1.44. The fraction of sp³-hybridized carbons (Fsp3) is 0.455. The van der Waals surface area contributed by atoms with E-state index >= 15 is 0 Å². The zero-order valence-corrected chi connectivity index (χ0v) is 8.91. The monoisotopic (exact) mass is 210 g/mol. The zero-order valence-electron chi connectivity index (χ0n) is 8.91. The van der Waals surface area contributed by atoms with E-state index in [9.17, 15) is 9.59 Å². The molecule has 0 fully saturated rings. The lowest BCUT2D eigenvalue weighted by Gasteiger charge is -2.06. The molecule has 0 atom stereocenters. The molecule has 0 saturated carbocycles. The van der Waals surface area contributed by atoms with E-state index in [1.54, 1.807) is 0 Å². The third-order valence-electron chi connectivity index (χ3n) is 2.14. The van der Waals surface area contributed by atoms with Gasteiger partial charge < -0.3 is 9.15 Å². The van der Waals surface area contributed by atoms with E-state index in [1.807, 2.05) is 6.92 Å². The molecule has 15 heavy (non-hydrogen) atoms. The van der Waals surface area contributed by atoms with Crippen molar-refractivity contribution in [3.63, 3.8) is 0 Å². The van der Waals surface area contributed by atoms with E-state index < -0.39 is 5.63 Å². The number of carbonyl (C=O) groups is 1. The van der Waals surface area contributed by atoms with E-state index in [-0.39, 0.29) is 5.76 Å². The lowest BCUT2D eigenvalue weighted by atomic mass is 10.1. The van der Waals surface area contributed by atoms with Gasteiger partial charge in [-0.3, -0.25) is 4.79 Å². The van der Waals surface area contributed by atoms with Crippen molar-refractivity contribution in [3.8, 4) is 5.75 Å². The van der Waals surface area contributed by atoms with Crippen LogP contribution < -0.4 is 10.4 Å². The zero-order chi connectivity index (χ0) is 11.3. The summed E-state index contributed by atoms with van der Waals surface area (Å²) in [5.74, 6) is 0.430. The van der Waals surface area contributed by atoms with Crippen LogP contribution in [0.25, 0.3) is 0 Å². The molecule has 82 valence electrons. The van der Waals surface area contributed by atoms with E-state index in [4.69, 9.17) is 9.15 Å². The van der Waals surface area contributed by atoms with Crippen LogP contribution in [-0.2, 0) is 6.42 Å². The Morgan fingerprint density at radius 1 is 1.53 bits per heavy atom. The van der Waals surface area contributed by atoms with Gasteiger partial charge in [0.2, 0.25) is 0 Å². The van der Waals surface area contributed by atoms with Crippen LogP contribution >= 0.6 is 0 Å². The molecule has 1 aromatic rings. The van der Waals surface area contributed by atoms with Crippen LogP contribution in [0.4, 0.5) is 0 Å². The Morgan fingerprint density at radius 3 is 2.80 bits per heavy atom. The number of carbonyl (C=O) groups excluding carboxylic acids is 1. The highest BCUT2D eigenvalue weighted by atomic mass is 16.5. The van der Waals surface area contributed by atoms with Gasteiger partial charge in [0.15, 0.2) is 12.0 Å². The number of methoxy groups -OCH3 is 1. The fourth-order valence-corrected chi connectivity index (χ4v) is 1.33. The minimum Gasteiger partial charge on any atom is -0.496 e. The van der Waals surface area contributed by atoms with Gasteiger partial charge >= 0.3 is 5.63 Å². The SMILES string of the molecule is CCCCc1c(OC)cc(C=O)oc1=O. The first kappa shape index (κ1) is 11.5. The standard InChI is InChI=1S/C11H14O4/c1-3-4-5-9-10(14-2)6-8(7-12)15-11(9)13/h6-7H,3-5H2,1-2H3. The van der Waals surface area contributed by atoms with Crippen LogP contribution in [0.5, 0.6) is 5.75 Å². The number of aldehydes is 1. The van der Waals surface area contributed by atoms with Crippen molar-refractivity contribution in [1.29, 1.82) is 0 Å². The summed E-state index contributed by atoms with van der Waals surface area (Å²) in [6.45, 7) is 2.04. The van der Waals surface area contributed by atoms with Crippen molar-refractivity contribution in [2.75, 3.05) is 7.11 Å². The number of rotatable bonds is 5. The summed E-state index contributed by atoms with van der Waals surface area (Å²) < 4.78 is 9.84. The van der Waals surface area contributed by atoms with Gasteiger partial charge in [-0.15, -0.1) is 0 Å². The molecule has 0 unspecified atom stereocenters. The molecule has 4 heteroatoms. The molecule has 4 nitrogen and oxygen atoms in total. The van der Waals surface area contributed by atoms with E-state index in [1.165, 1.54) is 13.2 Å². The molecule has 1 rings (SSSR count). The first-order valence-corrected chi connectivity index (χ1v) is 4.89. The third-order valence-corrected chi connectivity index (χ3v) is 2.14. The van der Waals surface area contributed by atoms with Crippen LogP contribution in [0.15, 0.2) is 15.3 Å². The normalized spacial score (nSPS) is 10.0. The molecule has 0 bridgehead atoms. The highest BCUT2D eigenvalue weighted by molar-refractivity contribution is 5.71. The van der Waals surface area contributed by atoms with Gasteiger partial charge in [-0.1, -0.05) is 13.3 Å². The smallest absolute Gasteiger partial charge is 0.343 e. The highest BCUT2D eigenvalue weighted by Gasteiger charge is 2.11. The van der Waals surface area contributed by atoms with Crippen molar-refractivity contribution < 1.29 is 13.9 Å². The van der Waals surface area contributed by atoms with Gasteiger partial charge in [-0.05, 0) is 12.8 Å². The highest BCUT2D eigenvalue weighted by Crippen LogP contribution is 2.17. The Balaban J connectivity index is 3.12. The minimum atomic E-state index is -0.482. The van der Waals surface area contributed by atoms with Crippen molar-refractivity contribution >= 4 is 6.29 Å². The topological polar surface area (TPSA) is 56.5 Å². The van der Waals surface area contributed by atoms with Crippen LogP contribution in [0.2, 0.25) is 0 Å². The lowest BCUT2D eigenvalue weighted by Crippen LogP contribution is -2.11. The van der Waals surface area contributed by atoms with Gasteiger partial charge in [0.05, 0.1) is 12.7 Å². The first-order valence-electron chi connectivity index (χ1n) is 4.89. The largest absolute Gasteiger partial charge is 0.496 e. The van der Waals surface area contributed by atoms with Crippen LogP contribution in [0, 0.1) is 0 Å². The predicted molar refractivity (Wildman–Crippen MR) is 55.5 cm³/mol. The predicted octanol–water partition coefficient (Wildman–Crippen LogP) is 1.80. The second kappa shape index (κ2) is 5.34. The Morgan fingerprint density at radius 2 is 2.27 bits per heavy atom. The average molecular weight is 210 g/mol. The van der Waals surface area contributed by atoms with Crippen molar-refractivity contribution in [3.05, 3.63) is 27.8 Å². The van der Waals surface area contributed by atoms with Crippen LogP contribution in [0.3, 0.4) is 0 Å². The molecular weight excluding hydrogens is 196 g/mol. The van der Waals surface area contributed by atoms with E-state index in [0.717, 1.165) is 12.8 Å². The summed E-state index contributed by atoms with van der Waals surface area (Å²) in [7, 11) is 1.47. The molecule has 0 aromatic carbocycles. The molecular formula is C11H14O4. The molecule has 0 aliphatic carbocycles. The maximum atomic E-state index is 11.5. The molecule has 0 saturated heterocycles. The summed E-state index contributed by atoms with van der Waals surface area (Å²) in [6.07, 6.45) is 2.98. The molecule has 1 heterocycles. The molecule has 1 aromatic heterocycles. The Labute approximate surface area is 87.9 Å². The number of unbranched alkanes of at least 4 members (excludes halogenated alkanes) is 1. The molecule has 0 spiro atoms. The summed E-state index contributed by atoms with van der Waals surface area (Å²) >= 11 is 0. The quantitative estimate of drug-likeness (QED) is 0.695. The van der Waals surface area contributed by atoms with Crippen LogP contribution in [-0.4, -0.2) is 13.4 Å². The molecule has 0 aliphatic rings. The molecule has 0 N–H and O–H groups in total. The van der Waals surface area contributed by atoms with Crippen molar-refractivity contribution in [2.24, 2.45) is 0 Å². The van der Waals surface area contributed by atoms with E-state index in [2.05, 4.69) is 0 Å². The van der Waals surface area contributed by atoms with Gasteiger partial charge in [0.1, 0.15) is 5.75 Å². The van der Waals surface area contributed by atoms with Gasteiger partial charge in [0.25, 0.3) is 0 Å². The minimum absolute atomic E-state index is 0.00269. The first-order chi connectivity index (χ1) is 7.22. The molecule has 0 amide bonds. The summed E-state index contributed by atoms with van der Waals surface area (Å²) in [4.78, 5) is 21.9. The summed E-state index contributed by atoms with van der Waals surface area (Å²) in [5.41, 5.74) is 0.0230. The van der Waals surface area contributed by atoms with Gasteiger partial charge in [0, 0.05) is 6.07 Å². The maximum absolute atomic E-state index is 11.5. The van der Waals surface area contributed by atoms with Crippen molar-refractivity contribution in [2.45, 2.75) is 26.2 Å². The molecule has 0 aliphatic heterocycles. The van der Waals surface area contributed by atoms with Gasteiger partial charge in [-0.2, -0.15) is 0 Å². The molecule has 0 radical (unpaired) electrons. The Kier molecular flexibility index (Phi) is 4.09. The number of hydrogen-bond donors (Lipinski definition) is 0. The third kappa shape index (κ3) is 2.68. The maximum Gasteiger partial charge on any atom is 0.343 e. The Hall–Kier alpha value is -1.58. The number of ether oxygens (including phenoxy) is 1. The number of hydrogen-bond acceptors (Lipinski definition) is 4. The second-order valence-electron chi connectivity index (χ2n) is 3.20. The lowest BCUT2D eigenvalue weighted by molar-refractivity contribution is 0.109. The fourth-order valence-electron chi connectivity index (χ4n) is 1.33. The van der Waals surface area contributed by atoms with E-state index in [0.29, 0.717) is 24.0 Å². The summed E-state index contributed by atoms with van der Waals surface area (Å²) in [5, 5.41) is 0.